The molecule has 1 unspecified atom stereocenters. The number of ether oxygens (including phenoxy) is 3. The van der Waals surface area contributed by atoms with Crippen LogP contribution in [0.1, 0.15) is 361 Å². The fourth-order valence-electron chi connectivity index (χ4n) is 10.3. The topological polar surface area (TPSA) is 78.9 Å². The number of unbranched alkanes of at least 4 members (excludes halogenated alkanes) is 41. The normalized spacial score (nSPS) is 12.5. The first kappa shape index (κ1) is 76.9. The zero-order valence-corrected chi connectivity index (χ0v) is 53.3. The van der Waals surface area contributed by atoms with Gasteiger partial charge in [-0.15, -0.1) is 0 Å². The molecular formula is C74H132O6. The van der Waals surface area contributed by atoms with Crippen LogP contribution in [0.3, 0.4) is 0 Å². The third-order valence-electron chi connectivity index (χ3n) is 15.5. The summed E-state index contributed by atoms with van der Waals surface area (Å²) in [6, 6.07) is 0. The smallest absolute Gasteiger partial charge is 0.306 e. The van der Waals surface area contributed by atoms with Crippen molar-refractivity contribution in [3.8, 4) is 0 Å². The maximum Gasteiger partial charge on any atom is 0.306 e. The summed E-state index contributed by atoms with van der Waals surface area (Å²) in [6.45, 7) is 6.57. The van der Waals surface area contributed by atoms with E-state index in [0.717, 1.165) is 96.3 Å². The van der Waals surface area contributed by atoms with Crippen molar-refractivity contribution < 1.29 is 28.6 Å². The Morgan fingerprint density at radius 2 is 0.487 bits per heavy atom. The highest BCUT2D eigenvalue weighted by Gasteiger charge is 2.19. The van der Waals surface area contributed by atoms with Gasteiger partial charge in [0.1, 0.15) is 13.2 Å². The average molecular weight is 1120 g/mol. The molecule has 0 rings (SSSR count). The predicted octanol–water partition coefficient (Wildman–Crippen LogP) is 24.1. The molecule has 0 aliphatic heterocycles. The molecule has 1 atom stereocenters. The summed E-state index contributed by atoms with van der Waals surface area (Å²) >= 11 is 0. The maximum absolute atomic E-state index is 12.9. The molecule has 0 bridgehead atoms. The fourth-order valence-corrected chi connectivity index (χ4v) is 10.3. The Balaban J connectivity index is 4.08. The molecule has 80 heavy (non-hydrogen) atoms. The molecule has 0 heterocycles. The lowest BCUT2D eigenvalue weighted by atomic mass is 10.0. The van der Waals surface area contributed by atoms with E-state index in [0.29, 0.717) is 19.3 Å². The van der Waals surface area contributed by atoms with Gasteiger partial charge >= 0.3 is 17.9 Å². The molecule has 0 aromatic rings. The van der Waals surface area contributed by atoms with Gasteiger partial charge in [0.25, 0.3) is 0 Å². The highest BCUT2D eigenvalue weighted by molar-refractivity contribution is 5.71. The van der Waals surface area contributed by atoms with E-state index >= 15 is 0 Å². The van der Waals surface area contributed by atoms with E-state index in [-0.39, 0.29) is 31.1 Å². The van der Waals surface area contributed by atoms with Crippen LogP contribution >= 0.6 is 0 Å². The molecular weight excluding hydrogens is 985 g/mol. The Morgan fingerprint density at radius 1 is 0.263 bits per heavy atom. The first-order valence-corrected chi connectivity index (χ1v) is 34.9. The third-order valence-corrected chi connectivity index (χ3v) is 15.5. The maximum atomic E-state index is 12.9. The second-order valence-electron chi connectivity index (χ2n) is 23.4. The van der Waals surface area contributed by atoms with Crippen LogP contribution in [0.15, 0.2) is 72.9 Å². The lowest BCUT2D eigenvalue weighted by Crippen LogP contribution is -2.30. The van der Waals surface area contributed by atoms with E-state index in [9.17, 15) is 14.4 Å². The quantitative estimate of drug-likeness (QED) is 0.0261. The fraction of sp³-hybridized carbons (Fsp3) is 0.797. The largest absolute Gasteiger partial charge is 0.462 e. The molecule has 0 spiro atoms. The van der Waals surface area contributed by atoms with Crippen LogP contribution in [-0.2, 0) is 28.6 Å². The molecule has 0 saturated heterocycles. The summed E-state index contributed by atoms with van der Waals surface area (Å²) in [5, 5.41) is 0. The summed E-state index contributed by atoms with van der Waals surface area (Å²) in [5.74, 6) is -0.845. The minimum Gasteiger partial charge on any atom is -0.462 e. The first-order chi connectivity index (χ1) is 39.5. The van der Waals surface area contributed by atoms with Crippen molar-refractivity contribution in [3.63, 3.8) is 0 Å². The van der Waals surface area contributed by atoms with Crippen molar-refractivity contribution >= 4 is 17.9 Å². The Kier molecular flexibility index (Phi) is 65.7. The van der Waals surface area contributed by atoms with Gasteiger partial charge in [-0.05, 0) is 70.6 Å². The van der Waals surface area contributed by atoms with E-state index in [4.69, 9.17) is 14.2 Å². The van der Waals surface area contributed by atoms with E-state index in [2.05, 4.69) is 93.7 Å². The minimum absolute atomic E-state index is 0.0673. The Hall–Kier alpha value is -3.15. The number of carbonyl (C=O) groups excluding carboxylic acids is 3. The second-order valence-corrected chi connectivity index (χ2v) is 23.4. The van der Waals surface area contributed by atoms with Crippen LogP contribution in [0.2, 0.25) is 0 Å². The molecule has 0 radical (unpaired) electrons. The summed E-state index contributed by atoms with van der Waals surface area (Å²) in [7, 11) is 0. The van der Waals surface area contributed by atoms with E-state index in [1.807, 2.05) is 0 Å². The van der Waals surface area contributed by atoms with Gasteiger partial charge in [0.15, 0.2) is 6.10 Å². The molecule has 0 aromatic carbocycles. The SMILES string of the molecule is CC/C=C\C/C=C\C/C=C\C/C=C\C/C=C\C/C=C\CCCCCCCCCCCCCCCCCCC(=O)OCC(COC(=O)CCCCCCCCCCCCC)OC(=O)CCCCCCCCCCCCCCCCCC. The van der Waals surface area contributed by atoms with Crippen LogP contribution in [0.5, 0.6) is 0 Å². The summed E-state index contributed by atoms with van der Waals surface area (Å²) in [4.78, 5) is 38.3. The molecule has 6 heteroatoms. The second kappa shape index (κ2) is 68.3. The number of esters is 3. The highest BCUT2D eigenvalue weighted by Crippen LogP contribution is 2.18. The lowest BCUT2D eigenvalue weighted by Gasteiger charge is -2.18. The van der Waals surface area contributed by atoms with Gasteiger partial charge in [0.05, 0.1) is 0 Å². The predicted molar refractivity (Wildman–Crippen MR) is 348 cm³/mol. The minimum atomic E-state index is -0.769. The Bertz CT molecular complexity index is 1470. The molecule has 0 N–H and O–H groups in total. The van der Waals surface area contributed by atoms with E-state index < -0.39 is 6.10 Å². The van der Waals surface area contributed by atoms with E-state index in [1.54, 1.807) is 0 Å². The first-order valence-electron chi connectivity index (χ1n) is 34.9. The third kappa shape index (κ3) is 65.7. The highest BCUT2D eigenvalue weighted by atomic mass is 16.6. The van der Waals surface area contributed by atoms with Crippen molar-refractivity contribution in [1.82, 2.24) is 0 Å². The number of hydrogen-bond donors (Lipinski definition) is 0. The molecule has 0 aliphatic carbocycles. The number of rotatable bonds is 64. The van der Waals surface area contributed by atoms with Crippen molar-refractivity contribution in [2.24, 2.45) is 0 Å². The molecule has 0 fully saturated rings. The van der Waals surface area contributed by atoms with Crippen LogP contribution in [0, 0.1) is 0 Å². The average Bonchev–Trinajstić information content (AvgIpc) is 3.46. The van der Waals surface area contributed by atoms with Crippen molar-refractivity contribution in [1.29, 1.82) is 0 Å². The summed E-state index contributed by atoms with van der Waals surface area (Å²) in [6.07, 6.45) is 89.4. The molecule has 0 aliphatic rings. The van der Waals surface area contributed by atoms with Crippen molar-refractivity contribution in [2.45, 2.75) is 367 Å². The lowest BCUT2D eigenvalue weighted by molar-refractivity contribution is -0.167. The number of carbonyl (C=O) groups is 3. The molecule has 464 valence electrons. The van der Waals surface area contributed by atoms with Gasteiger partial charge in [0, 0.05) is 19.3 Å². The summed E-state index contributed by atoms with van der Waals surface area (Å²) in [5.41, 5.74) is 0. The van der Waals surface area contributed by atoms with E-state index in [1.165, 1.54) is 225 Å². The molecule has 0 aromatic heterocycles. The van der Waals surface area contributed by atoms with Gasteiger partial charge in [-0.2, -0.15) is 0 Å². The van der Waals surface area contributed by atoms with Crippen molar-refractivity contribution in [2.75, 3.05) is 13.2 Å². The van der Waals surface area contributed by atoms with Gasteiger partial charge < -0.3 is 14.2 Å². The Labute approximate surface area is 497 Å². The van der Waals surface area contributed by atoms with Gasteiger partial charge in [-0.1, -0.05) is 344 Å². The standard InChI is InChI=1S/C74H132O6/c1-4-7-10-13-16-19-22-24-26-28-29-30-31-32-33-34-35-36-37-38-39-40-41-42-43-44-45-46-48-49-52-55-58-61-64-67-73(76)79-70-71(69-78-72(75)66-63-60-57-54-51-21-18-15-12-9-6-3)80-74(77)68-65-62-59-56-53-50-47-27-25-23-20-17-14-11-8-5-2/h7,10,16,19,24,26,29-30,32-33,35-36,71H,4-6,8-9,11-15,17-18,20-23,25,27-28,31,34,37-70H2,1-3H3/b10-7-,19-16-,26-24-,30-29-,33-32-,36-35-. The van der Waals surface area contributed by atoms with Crippen LogP contribution in [0.25, 0.3) is 0 Å². The van der Waals surface area contributed by atoms with Gasteiger partial charge in [-0.25, -0.2) is 0 Å². The van der Waals surface area contributed by atoms with Crippen LogP contribution < -0.4 is 0 Å². The van der Waals surface area contributed by atoms with Gasteiger partial charge in [-0.3, -0.25) is 14.4 Å². The van der Waals surface area contributed by atoms with Crippen LogP contribution in [-0.4, -0.2) is 37.2 Å². The zero-order valence-electron chi connectivity index (χ0n) is 53.3. The summed E-state index contributed by atoms with van der Waals surface area (Å²) < 4.78 is 16.9. The van der Waals surface area contributed by atoms with Gasteiger partial charge in [0.2, 0.25) is 0 Å². The number of hydrogen-bond acceptors (Lipinski definition) is 6. The van der Waals surface area contributed by atoms with Crippen molar-refractivity contribution in [3.05, 3.63) is 72.9 Å². The molecule has 0 saturated carbocycles. The van der Waals surface area contributed by atoms with Crippen LogP contribution in [0.4, 0.5) is 0 Å². The Morgan fingerprint density at radius 3 is 0.762 bits per heavy atom. The molecule has 6 nitrogen and oxygen atoms in total. The number of allylic oxidation sites excluding steroid dienone is 12. The molecule has 0 amide bonds. The monoisotopic (exact) mass is 1120 g/mol. The zero-order chi connectivity index (χ0) is 57.8.